The number of anilines is 1. The third-order valence-electron chi connectivity index (χ3n) is 4.16. The van der Waals surface area contributed by atoms with Crippen molar-refractivity contribution in [1.29, 1.82) is 0 Å². The Kier molecular flexibility index (Phi) is 4.89. The van der Waals surface area contributed by atoms with Crippen molar-refractivity contribution in [2.24, 2.45) is 0 Å². The Balaban J connectivity index is 1.67. The van der Waals surface area contributed by atoms with E-state index < -0.39 is 0 Å². The van der Waals surface area contributed by atoms with Crippen LogP contribution in [0.1, 0.15) is 18.2 Å². The number of hydrogen-bond acceptors (Lipinski definition) is 3. The summed E-state index contributed by atoms with van der Waals surface area (Å²) >= 11 is 0. The lowest BCUT2D eigenvalue weighted by Crippen LogP contribution is -2.08. The van der Waals surface area contributed by atoms with Gasteiger partial charge in [-0.05, 0) is 29.8 Å². The van der Waals surface area contributed by atoms with Gasteiger partial charge in [0.1, 0.15) is 5.52 Å². The summed E-state index contributed by atoms with van der Waals surface area (Å²) in [6.45, 7) is 1.47. The zero-order chi connectivity index (χ0) is 19.3. The summed E-state index contributed by atoms with van der Waals surface area (Å²) in [7, 11) is 0. The van der Waals surface area contributed by atoms with Crippen LogP contribution in [-0.4, -0.2) is 15.9 Å². The number of benzene rings is 3. The number of amides is 1. The maximum Gasteiger partial charge on any atom is 0.221 e. The number of aromatic nitrogens is 2. The van der Waals surface area contributed by atoms with Crippen molar-refractivity contribution >= 4 is 34.6 Å². The summed E-state index contributed by atoms with van der Waals surface area (Å²) < 4.78 is 0. The largest absolute Gasteiger partial charge is 0.357 e. The third kappa shape index (κ3) is 3.94. The number of carbonyl (C=O) groups is 1. The molecule has 0 saturated carbocycles. The molecule has 0 aliphatic carbocycles. The molecule has 4 rings (SSSR count). The monoisotopic (exact) mass is 369 g/mol. The maximum atomic E-state index is 11.3. The SMILES string of the molecule is CC(=O)Nc1cccc(On2nc(C=Cc3ccccc3)c3ccccc32)c1. The molecule has 5 heteroatoms. The smallest absolute Gasteiger partial charge is 0.221 e. The zero-order valence-corrected chi connectivity index (χ0v) is 15.4. The molecule has 5 nitrogen and oxygen atoms in total. The number of carbonyl (C=O) groups excluding carboxylic acids is 1. The molecule has 1 amide bonds. The molecule has 0 fully saturated rings. The van der Waals surface area contributed by atoms with Crippen LogP contribution in [0.25, 0.3) is 23.1 Å². The lowest BCUT2D eigenvalue weighted by atomic mass is 10.1. The van der Waals surface area contributed by atoms with E-state index in [0.29, 0.717) is 11.4 Å². The van der Waals surface area contributed by atoms with Gasteiger partial charge in [-0.1, -0.05) is 65.5 Å². The highest BCUT2D eigenvalue weighted by molar-refractivity contribution is 5.90. The standard InChI is InChI=1S/C23H19N3O2/c1-17(27)24-19-10-7-11-20(16-19)28-26-23-13-6-5-12-21(23)22(25-26)15-14-18-8-3-2-4-9-18/h2-16H,1H3,(H,24,27). The second-order valence-corrected chi connectivity index (χ2v) is 6.32. The van der Waals surface area contributed by atoms with Crippen LogP contribution in [0.4, 0.5) is 5.69 Å². The average molecular weight is 369 g/mol. The van der Waals surface area contributed by atoms with E-state index in [1.165, 1.54) is 11.8 Å². The first-order chi connectivity index (χ1) is 13.7. The number of nitrogens with one attached hydrogen (secondary N) is 1. The molecule has 0 aliphatic heterocycles. The highest BCUT2D eigenvalue weighted by Gasteiger charge is 2.10. The van der Waals surface area contributed by atoms with Gasteiger partial charge >= 0.3 is 0 Å². The molecule has 0 unspecified atom stereocenters. The van der Waals surface area contributed by atoms with E-state index in [1.54, 1.807) is 6.07 Å². The maximum absolute atomic E-state index is 11.3. The molecule has 0 atom stereocenters. The van der Waals surface area contributed by atoms with Crippen molar-refractivity contribution in [3.05, 3.63) is 90.1 Å². The van der Waals surface area contributed by atoms with Crippen LogP contribution >= 0.6 is 0 Å². The summed E-state index contributed by atoms with van der Waals surface area (Å²) in [6, 6.07) is 25.2. The molecule has 0 spiro atoms. The first kappa shape index (κ1) is 17.5. The van der Waals surface area contributed by atoms with Gasteiger partial charge in [0.05, 0.1) is 5.69 Å². The van der Waals surface area contributed by atoms with E-state index in [4.69, 9.17) is 4.84 Å². The molecular formula is C23H19N3O2. The lowest BCUT2D eigenvalue weighted by molar-refractivity contribution is -0.114. The van der Waals surface area contributed by atoms with Gasteiger partial charge < -0.3 is 10.2 Å². The number of fused-ring (bicyclic) bond motifs is 1. The molecule has 1 N–H and O–H groups in total. The third-order valence-corrected chi connectivity index (χ3v) is 4.16. The first-order valence-corrected chi connectivity index (χ1v) is 8.96. The highest BCUT2D eigenvalue weighted by atomic mass is 16.7. The van der Waals surface area contributed by atoms with E-state index in [1.807, 2.05) is 84.9 Å². The summed E-state index contributed by atoms with van der Waals surface area (Å²) in [5, 5.41) is 8.36. The summed E-state index contributed by atoms with van der Waals surface area (Å²) in [6.07, 6.45) is 4.00. The molecule has 3 aromatic carbocycles. The first-order valence-electron chi connectivity index (χ1n) is 8.96. The van der Waals surface area contributed by atoms with Gasteiger partial charge in [0.25, 0.3) is 0 Å². The van der Waals surface area contributed by atoms with E-state index in [2.05, 4.69) is 10.4 Å². The molecular weight excluding hydrogens is 350 g/mol. The van der Waals surface area contributed by atoms with E-state index >= 15 is 0 Å². The number of para-hydroxylation sites is 1. The summed E-state index contributed by atoms with van der Waals surface area (Å²) in [5.41, 5.74) is 3.45. The molecule has 0 aliphatic rings. The van der Waals surface area contributed by atoms with Gasteiger partial charge in [0.15, 0.2) is 5.75 Å². The Bertz CT molecular complexity index is 1150. The van der Waals surface area contributed by atoms with E-state index in [9.17, 15) is 4.79 Å². The molecule has 0 saturated heterocycles. The summed E-state index contributed by atoms with van der Waals surface area (Å²) in [4.78, 5) is 18.7. The average Bonchev–Trinajstić information content (AvgIpc) is 3.05. The van der Waals surface area contributed by atoms with Crippen molar-refractivity contribution in [1.82, 2.24) is 9.94 Å². The number of nitrogens with zero attached hydrogens (tertiary/aromatic N) is 2. The second-order valence-electron chi connectivity index (χ2n) is 6.32. The van der Waals surface area contributed by atoms with E-state index in [-0.39, 0.29) is 5.91 Å². The van der Waals surface area contributed by atoms with Crippen molar-refractivity contribution in [3.8, 4) is 5.75 Å². The number of hydrogen-bond donors (Lipinski definition) is 1. The Hall–Kier alpha value is -3.86. The molecule has 4 aromatic rings. The summed E-state index contributed by atoms with van der Waals surface area (Å²) in [5.74, 6) is 0.452. The predicted octanol–water partition coefficient (Wildman–Crippen LogP) is 5.01. The van der Waals surface area contributed by atoms with Crippen molar-refractivity contribution in [3.63, 3.8) is 0 Å². The van der Waals surface area contributed by atoms with Crippen molar-refractivity contribution in [2.45, 2.75) is 6.92 Å². The van der Waals surface area contributed by atoms with Gasteiger partial charge in [-0.25, -0.2) is 0 Å². The van der Waals surface area contributed by atoms with Crippen LogP contribution < -0.4 is 10.2 Å². The van der Waals surface area contributed by atoms with Crippen LogP contribution in [-0.2, 0) is 4.79 Å². The fourth-order valence-corrected chi connectivity index (χ4v) is 2.93. The fraction of sp³-hybridized carbons (Fsp3) is 0.0435. The second kappa shape index (κ2) is 7.80. The fourth-order valence-electron chi connectivity index (χ4n) is 2.93. The van der Waals surface area contributed by atoms with Gasteiger partial charge in [-0.15, -0.1) is 5.10 Å². The van der Waals surface area contributed by atoms with Crippen LogP contribution in [0.5, 0.6) is 5.75 Å². The quantitative estimate of drug-likeness (QED) is 0.538. The van der Waals surface area contributed by atoms with Crippen molar-refractivity contribution < 1.29 is 9.63 Å². The molecule has 0 bridgehead atoms. The Morgan fingerprint density at radius 3 is 2.57 bits per heavy atom. The minimum atomic E-state index is -0.130. The molecule has 1 aromatic heterocycles. The Morgan fingerprint density at radius 2 is 1.75 bits per heavy atom. The normalized spacial score (nSPS) is 11.0. The van der Waals surface area contributed by atoms with Crippen LogP contribution in [0.2, 0.25) is 0 Å². The molecule has 1 heterocycles. The Morgan fingerprint density at radius 1 is 0.964 bits per heavy atom. The zero-order valence-electron chi connectivity index (χ0n) is 15.4. The minimum Gasteiger partial charge on any atom is -0.357 e. The minimum absolute atomic E-state index is 0.130. The van der Waals surface area contributed by atoms with E-state index in [0.717, 1.165) is 22.2 Å². The van der Waals surface area contributed by atoms with Crippen LogP contribution in [0.15, 0.2) is 78.9 Å². The highest BCUT2D eigenvalue weighted by Crippen LogP contribution is 2.23. The van der Waals surface area contributed by atoms with Gasteiger partial charge in [-0.3, -0.25) is 4.79 Å². The molecule has 138 valence electrons. The predicted molar refractivity (Wildman–Crippen MR) is 112 cm³/mol. The molecule has 0 radical (unpaired) electrons. The van der Waals surface area contributed by atoms with Gasteiger partial charge in [0.2, 0.25) is 5.91 Å². The number of rotatable bonds is 5. The van der Waals surface area contributed by atoms with Crippen molar-refractivity contribution in [2.75, 3.05) is 5.32 Å². The lowest BCUT2D eigenvalue weighted by Gasteiger charge is -2.08. The van der Waals surface area contributed by atoms with Crippen LogP contribution in [0, 0.1) is 0 Å². The van der Waals surface area contributed by atoms with Gasteiger partial charge in [-0.2, -0.15) is 0 Å². The van der Waals surface area contributed by atoms with Gasteiger partial charge in [0, 0.05) is 24.1 Å². The van der Waals surface area contributed by atoms with Crippen LogP contribution in [0.3, 0.4) is 0 Å². The Labute approximate surface area is 162 Å². The topological polar surface area (TPSA) is 56.1 Å². The molecule has 28 heavy (non-hydrogen) atoms.